The summed E-state index contributed by atoms with van der Waals surface area (Å²) >= 11 is 0. The van der Waals surface area contributed by atoms with Crippen LogP contribution in [0.2, 0.25) is 0 Å². The zero-order chi connectivity index (χ0) is 14.8. The van der Waals surface area contributed by atoms with Crippen molar-refractivity contribution >= 4 is 22.4 Å². The Morgan fingerprint density at radius 3 is 2.62 bits per heavy atom. The summed E-state index contributed by atoms with van der Waals surface area (Å²) in [5, 5.41) is 8.39. The number of amides is 1. The van der Waals surface area contributed by atoms with E-state index in [2.05, 4.69) is 10.5 Å². The number of nitrogens with zero attached hydrogens (tertiary/aromatic N) is 1. The standard InChI is InChI=1S/C16H14N2O3/c1-10-9-15(21-18-10)16(19)17-13-7-8-14(20-2)12-6-4-3-5-11(12)13/h3-9H,1-2H3,(H,17,19). The molecule has 5 nitrogen and oxygen atoms in total. The molecule has 3 rings (SSSR count). The number of fused-ring (bicyclic) bond motifs is 1. The van der Waals surface area contributed by atoms with Crippen molar-refractivity contribution in [3.05, 3.63) is 53.9 Å². The van der Waals surface area contributed by atoms with E-state index in [-0.39, 0.29) is 11.7 Å². The molecule has 1 N–H and O–H groups in total. The third kappa shape index (κ3) is 2.45. The first kappa shape index (κ1) is 13.2. The number of hydrogen-bond acceptors (Lipinski definition) is 4. The van der Waals surface area contributed by atoms with Gasteiger partial charge in [-0.2, -0.15) is 0 Å². The molecule has 0 saturated carbocycles. The van der Waals surface area contributed by atoms with Gasteiger partial charge in [-0.25, -0.2) is 0 Å². The topological polar surface area (TPSA) is 64.4 Å². The smallest absolute Gasteiger partial charge is 0.294 e. The van der Waals surface area contributed by atoms with Gasteiger partial charge < -0.3 is 14.6 Å². The van der Waals surface area contributed by atoms with Crippen molar-refractivity contribution in [2.24, 2.45) is 0 Å². The predicted molar refractivity (Wildman–Crippen MR) is 79.7 cm³/mol. The molecule has 0 radical (unpaired) electrons. The summed E-state index contributed by atoms with van der Waals surface area (Å²) in [4.78, 5) is 12.1. The minimum absolute atomic E-state index is 0.187. The largest absolute Gasteiger partial charge is 0.496 e. The van der Waals surface area contributed by atoms with E-state index in [1.807, 2.05) is 36.4 Å². The van der Waals surface area contributed by atoms with Crippen LogP contribution in [-0.4, -0.2) is 18.2 Å². The van der Waals surface area contributed by atoms with Gasteiger partial charge in [0.25, 0.3) is 5.91 Å². The minimum Gasteiger partial charge on any atom is -0.496 e. The maximum atomic E-state index is 12.1. The van der Waals surface area contributed by atoms with Crippen molar-refractivity contribution in [3.63, 3.8) is 0 Å². The van der Waals surface area contributed by atoms with Crippen LogP contribution < -0.4 is 10.1 Å². The molecule has 0 spiro atoms. The molecule has 21 heavy (non-hydrogen) atoms. The Balaban J connectivity index is 1.99. The van der Waals surface area contributed by atoms with Crippen molar-refractivity contribution < 1.29 is 14.1 Å². The number of methoxy groups -OCH3 is 1. The fraction of sp³-hybridized carbons (Fsp3) is 0.125. The van der Waals surface area contributed by atoms with Crippen LogP contribution in [0.25, 0.3) is 10.8 Å². The summed E-state index contributed by atoms with van der Waals surface area (Å²) in [6.45, 7) is 1.77. The van der Waals surface area contributed by atoms with Crippen LogP contribution in [0.4, 0.5) is 5.69 Å². The predicted octanol–water partition coefficient (Wildman–Crippen LogP) is 3.40. The van der Waals surface area contributed by atoms with Gasteiger partial charge in [0, 0.05) is 22.5 Å². The number of nitrogens with one attached hydrogen (secondary N) is 1. The Morgan fingerprint density at radius 2 is 1.95 bits per heavy atom. The van der Waals surface area contributed by atoms with E-state index in [9.17, 15) is 4.79 Å². The summed E-state index contributed by atoms with van der Waals surface area (Å²) in [5.74, 6) is 0.623. The molecular weight excluding hydrogens is 268 g/mol. The molecule has 2 aromatic carbocycles. The number of ether oxygens (including phenoxy) is 1. The summed E-state index contributed by atoms with van der Waals surface area (Å²) in [7, 11) is 1.62. The SMILES string of the molecule is COc1ccc(NC(=O)c2cc(C)no2)c2ccccc12. The van der Waals surface area contributed by atoms with E-state index in [1.54, 1.807) is 20.1 Å². The first-order valence-corrected chi connectivity index (χ1v) is 6.49. The van der Waals surface area contributed by atoms with Gasteiger partial charge >= 0.3 is 0 Å². The Bertz CT molecular complexity index is 808. The van der Waals surface area contributed by atoms with Crippen molar-refractivity contribution in [3.8, 4) is 5.75 Å². The number of rotatable bonds is 3. The van der Waals surface area contributed by atoms with Gasteiger partial charge in [0.1, 0.15) is 5.75 Å². The second kappa shape index (κ2) is 5.28. The van der Waals surface area contributed by atoms with E-state index in [4.69, 9.17) is 9.26 Å². The number of anilines is 1. The zero-order valence-corrected chi connectivity index (χ0v) is 11.7. The monoisotopic (exact) mass is 282 g/mol. The summed E-state index contributed by atoms with van der Waals surface area (Å²) in [5.41, 5.74) is 1.37. The summed E-state index contributed by atoms with van der Waals surface area (Å²) in [6, 6.07) is 12.9. The lowest BCUT2D eigenvalue weighted by Crippen LogP contribution is -2.11. The lowest BCUT2D eigenvalue weighted by atomic mass is 10.1. The molecule has 0 fully saturated rings. The molecule has 5 heteroatoms. The van der Waals surface area contributed by atoms with Gasteiger partial charge in [-0.15, -0.1) is 0 Å². The summed E-state index contributed by atoms with van der Waals surface area (Å²) < 4.78 is 10.3. The van der Waals surface area contributed by atoms with Gasteiger partial charge in [0.05, 0.1) is 12.8 Å². The second-order valence-electron chi connectivity index (χ2n) is 4.65. The summed E-state index contributed by atoms with van der Waals surface area (Å²) in [6.07, 6.45) is 0. The average molecular weight is 282 g/mol. The van der Waals surface area contributed by atoms with Crippen molar-refractivity contribution in [2.75, 3.05) is 12.4 Å². The first-order chi connectivity index (χ1) is 10.2. The molecular formula is C16H14N2O3. The Labute approximate surface area is 121 Å². The van der Waals surface area contributed by atoms with Crippen LogP contribution in [0, 0.1) is 6.92 Å². The number of carbonyl (C=O) groups excluding carboxylic acids is 1. The van der Waals surface area contributed by atoms with Crippen LogP contribution in [0.15, 0.2) is 47.0 Å². The van der Waals surface area contributed by atoms with Crippen molar-refractivity contribution in [1.29, 1.82) is 0 Å². The number of aryl methyl sites for hydroxylation is 1. The van der Waals surface area contributed by atoms with Gasteiger partial charge in [-0.05, 0) is 19.1 Å². The average Bonchev–Trinajstić information content (AvgIpc) is 2.94. The van der Waals surface area contributed by atoms with Gasteiger partial charge in [-0.1, -0.05) is 29.4 Å². The van der Waals surface area contributed by atoms with Crippen molar-refractivity contribution in [1.82, 2.24) is 5.16 Å². The van der Waals surface area contributed by atoms with Crippen LogP contribution in [0.1, 0.15) is 16.2 Å². The molecule has 1 amide bonds. The van der Waals surface area contributed by atoms with E-state index in [0.717, 1.165) is 16.5 Å². The van der Waals surface area contributed by atoms with E-state index < -0.39 is 0 Å². The number of carbonyl (C=O) groups is 1. The van der Waals surface area contributed by atoms with Crippen LogP contribution in [0.3, 0.4) is 0 Å². The molecule has 0 aliphatic heterocycles. The highest BCUT2D eigenvalue weighted by atomic mass is 16.5. The first-order valence-electron chi connectivity index (χ1n) is 6.49. The number of benzene rings is 2. The van der Waals surface area contributed by atoms with Crippen LogP contribution >= 0.6 is 0 Å². The molecule has 3 aromatic rings. The molecule has 0 aliphatic rings. The zero-order valence-electron chi connectivity index (χ0n) is 11.7. The normalized spacial score (nSPS) is 10.6. The Kier molecular flexibility index (Phi) is 3.31. The Hall–Kier alpha value is -2.82. The maximum absolute atomic E-state index is 12.1. The maximum Gasteiger partial charge on any atom is 0.294 e. The second-order valence-corrected chi connectivity index (χ2v) is 4.65. The van der Waals surface area contributed by atoms with Gasteiger partial charge in [-0.3, -0.25) is 4.79 Å². The lowest BCUT2D eigenvalue weighted by Gasteiger charge is -2.10. The molecule has 1 aromatic heterocycles. The fourth-order valence-corrected chi connectivity index (χ4v) is 2.21. The highest BCUT2D eigenvalue weighted by molar-refractivity contribution is 6.08. The van der Waals surface area contributed by atoms with E-state index in [0.29, 0.717) is 11.4 Å². The molecule has 0 aliphatic carbocycles. The van der Waals surface area contributed by atoms with Crippen LogP contribution in [-0.2, 0) is 0 Å². The third-order valence-corrected chi connectivity index (χ3v) is 3.20. The third-order valence-electron chi connectivity index (χ3n) is 3.20. The van der Waals surface area contributed by atoms with Crippen molar-refractivity contribution in [2.45, 2.75) is 6.92 Å². The highest BCUT2D eigenvalue weighted by Crippen LogP contribution is 2.31. The molecule has 0 saturated heterocycles. The molecule has 106 valence electrons. The lowest BCUT2D eigenvalue weighted by molar-refractivity contribution is 0.0988. The molecule has 0 unspecified atom stereocenters. The van der Waals surface area contributed by atoms with Crippen LogP contribution in [0.5, 0.6) is 5.75 Å². The van der Waals surface area contributed by atoms with E-state index >= 15 is 0 Å². The quantitative estimate of drug-likeness (QED) is 0.799. The Morgan fingerprint density at radius 1 is 1.19 bits per heavy atom. The highest BCUT2D eigenvalue weighted by Gasteiger charge is 2.14. The molecule has 1 heterocycles. The van der Waals surface area contributed by atoms with Gasteiger partial charge in [0.2, 0.25) is 5.76 Å². The number of aromatic nitrogens is 1. The van der Waals surface area contributed by atoms with Gasteiger partial charge in [0.15, 0.2) is 0 Å². The number of hydrogen-bond donors (Lipinski definition) is 1. The molecule has 0 bridgehead atoms. The fourth-order valence-electron chi connectivity index (χ4n) is 2.21. The minimum atomic E-state index is -0.328. The van der Waals surface area contributed by atoms with E-state index in [1.165, 1.54) is 0 Å². The molecule has 0 atom stereocenters.